The lowest BCUT2D eigenvalue weighted by atomic mass is 10.0. The lowest BCUT2D eigenvalue weighted by Crippen LogP contribution is -2.26. The molecule has 0 unspecified atom stereocenters. The third-order valence-electron chi connectivity index (χ3n) is 2.85. The largest absolute Gasteiger partial charge is 0.480 e. The van der Waals surface area contributed by atoms with Crippen molar-refractivity contribution < 1.29 is 9.90 Å². The van der Waals surface area contributed by atoms with Crippen molar-refractivity contribution in [3.8, 4) is 5.69 Å². The highest BCUT2D eigenvalue weighted by atomic mass is 16.4. The summed E-state index contributed by atoms with van der Waals surface area (Å²) in [6.07, 6.45) is 2.27. The molecule has 0 aliphatic heterocycles. The SMILES string of the molecule is CC(C)Cc1cccc(-n2cnn(CC(=O)O)c2=O)c1. The van der Waals surface area contributed by atoms with E-state index >= 15 is 0 Å². The summed E-state index contributed by atoms with van der Waals surface area (Å²) in [5, 5.41) is 12.5. The van der Waals surface area contributed by atoms with Gasteiger partial charge in [-0.05, 0) is 30.0 Å². The van der Waals surface area contributed by atoms with E-state index in [0.29, 0.717) is 11.6 Å². The smallest absolute Gasteiger partial charge is 0.350 e. The summed E-state index contributed by atoms with van der Waals surface area (Å²) >= 11 is 0. The molecule has 0 saturated carbocycles. The van der Waals surface area contributed by atoms with E-state index < -0.39 is 18.2 Å². The molecule has 0 aliphatic carbocycles. The first kappa shape index (κ1) is 14.0. The van der Waals surface area contributed by atoms with E-state index in [0.717, 1.165) is 16.7 Å². The fourth-order valence-electron chi connectivity index (χ4n) is 2.06. The zero-order chi connectivity index (χ0) is 14.7. The number of rotatable bonds is 5. The lowest BCUT2D eigenvalue weighted by molar-refractivity contribution is -0.137. The number of carboxylic acids is 1. The van der Waals surface area contributed by atoms with E-state index in [1.54, 1.807) is 6.07 Å². The van der Waals surface area contributed by atoms with Crippen LogP contribution >= 0.6 is 0 Å². The second-order valence-corrected chi connectivity index (χ2v) is 5.10. The maximum atomic E-state index is 12.0. The van der Waals surface area contributed by atoms with Crippen LogP contribution in [0.4, 0.5) is 0 Å². The molecule has 2 rings (SSSR count). The molecule has 0 amide bonds. The maximum Gasteiger partial charge on any atom is 0.350 e. The zero-order valence-corrected chi connectivity index (χ0v) is 11.5. The second-order valence-electron chi connectivity index (χ2n) is 5.10. The van der Waals surface area contributed by atoms with Gasteiger partial charge in [-0.1, -0.05) is 26.0 Å². The summed E-state index contributed by atoms with van der Waals surface area (Å²) in [5.41, 5.74) is 1.38. The van der Waals surface area contributed by atoms with Crippen molar-refractivity contribution in [2.75, 3.05) is 0 Å². The van der Waals surface area contributed by atoms with Crippen molar-refractivity contribution in [2.24, 2.45) is 5.92 Å². The van der Waals surface area contributed by atoms with Crippen LogP contribution < -0.4 is 5.69 Å². The molecule has 106 valence electrons. The molecule has 0 spiro atoms. The molecule has 1 aromatic carbocycles. The molecule has 0 fully saturated rings. The Hall–Kier alpha value is -2.37. The van der Waals surface area contributed by atoms with E-state index in [4.69, 9.17) is 5.11 Å². The van der Waals surface area contributed by atoms with Gasteiger partial charge >= 0.3 is 11.7 Å². The summed E-state index contributed by atoms with van der Waals surface area (Å²) in [6.45, 7) is 3.82. The summed E-state index contributed by atoms with van der Waals surface area (Å²) in [7, 11) is 0. The Kier molecular flexibility index (Phi) is 4.02. The summed E-state index contributed by atoms with van der Waals surface area (Å²) in [6, 6.07) is 7.62. The number of carbonyl (C=O) groups is 1. The molecule has 0 bridgehead atoms. The molecule has 1 heterocycles. The fraction of sp³-hybridized carbons (Fsp3) is 0.357. The minimum Gasteiger partial charge on any atom is -0.480 e. The number of aliphatic carboxylic acids is 1. The van der Waals surface area contributed by atoms with Crippen molar-refractivity contribution in [2.45, 2.75) is 26.8 Å². The minimum absolute atomic E-state index is 0.433. The van der Waals surface area contributed by atoms with Crippen LogP contribution in [-0.4, -0.2) is 25.4 Å². The summed E-state index contributed by atoms with van der Waals surface area (Å²) in [4.78, 5) is 22.7. The summed E-state index contributed by atoms with van der Waals surface area (Å²) < 4.78 is 2.28. The highest BCUT2D eigenvalue weighted by Crippen LogP contribution is 2.12. The van der Waals surface area contributed by atoms with Gasteiger partial charge in [-0.25, -0.2) is 14.0 Å². The van der Waals surface area contributed by atoms with Gasteiger partial charge in [0.1, 0.15) is 12.9 Å². The molecule has 1 aromatic heterocycles. The van der Waals surface area contributed by atoms with Crippen molar-refractivity contribution in [3.05, 3.63) is 46.6 Å². The van der Waals surface area contributed by atoms with Crippen LogP contribution in [0.25, 0.3) is 5.69 Å². The Morgan fingerprint density at radius 3 is 2.80 bits per heavy atom. The van der Waals surface area contributed by atoms with Gasteiger partial charge in [-0.15, -0.1) is 0 Å². The molecule has 2 aromatic rings. The quantitative estimate of drug-likeness (QED) is 0.892. The average Bonchev–Trinajstić information content (AvgIpc) is 2.70. The van der Waals surface area contributed by atoms with Crippen LogP contribution in [0.2, 0.25) is 0 Å². The van der Waals surface area contributed by atoms with Crippen molar-refractivity contribution in [1.29, 1.82) is 0 Å². The highest BCUT2D eigenvalue weighted by molar-refractivity contribution is 5.66. The average molecular weight is 275 g/mol. The minimum atomic E-state index is -1.09. The van der Waals surface area contributed by atoms with Crippen molar-refractivity contribution in [3.63, 3.8) is 0 Å². The molecule has 0 radical (unpaired) electrons. The third kappa shape index (κ3) is 3.14. The van der Waals surface area contributed by atoms with Gasteiger partial charge in [0.15, 0.2) is 0 Å². The van der Waals surface area contributed by atoms with Crippen molar-refractivity contribution >= 4 is 5.97 Å². The Bertz CT molecular complexity index is 670. The van der Waals surface area contributed by atoms with Crippen LogP contribution in [0.15, 0.2) is 35.4 Å². The predicted octanol–water partition coefficient (Wildman–Crippen LogP) is 1.32. The van der Waals surface area contributed by atoms with Crippen LogP contribution in [-0.2, 0) is 17.8 Å². The number of hydrogen-bond acceptors (Lipinski definition) is 3. The molecule has 0 saturated heterocycles. The second kappa shape index (κ2) is 5.73. The van der Waals surface area contributed by atoms with Gasteiger partial charge in [-0.3, -0.25) is 4.79 Å². The fourth-order valence-corrected chi connectivity index (χ4v) is 2.06. The summed E-state index contributed by atoms with van der Waals surface area (Å²) in [5.74, 6) is -0.567. The number of carboxylic acid groups (broad SMARTS) is 1. The maximum absolute atomic E-state index is 12.0. The molecular weight excluding hydrogens is 258 g/mol. The van der Waals surface area contributed by atoms with E-state index in [1.807, 2.05) is 18.2 Å². The van der Waals surface area contributed by atoms with E-state index in [1.165, 1.54) is 10.9 Å². The van der Waals surface area contributed by atoms with Gasteiger partial charge < -0.3 is 5.11 Å². The Morgan fingerprint density at radius 2 is 2.15 bits per heavy atom. The molecule has 6 nitrogen and oxygen atoms in total. The van der Waals surface area contributed by atoms with Crippen molar-refractivity contribution in [1.82, 2.24) is 14.3 Å². The van der Waals surface area contributed by atoms with Gasteiger partial charge in [0.2, 0.25) is 0 Å². The topological polar surface area (TPSA) is 77.1 Å². The van der Waals surface area contributed by atoms with Crippen LogP contribution in [0, 0.1) is 5.92 Å². The van der Waals surface area contributed by atoms with Crippen LogP contribution in [0.5, 0.6) is 0 Å². The predicted molar refractivity (Wildman–Crippen MR) is 74.0 cm³/mol. The van der Waals surface area contributed by atoms with Gasteiger partial charge in [-0.2, -0.15) is 5.10 Å². The number of nitrogens with zero attached hydrogens (tertiary/aromatic N) is 3. The molecule has 0 aliphatic rings. The van der Waals surface area contributed by atoms with Crippen LogP contribution in [0.1, 0.15) is 19.4 Å². The first-order chi connectivity index (χ1) is 9.47. The van der Waals surface area contributed by atoms with Gasteiger partial charge in [0.05, 0.1) is 5.69 Å². The Labute approximate surface area is 116 Å². The molecular formula is C14H17N3O3. The number of benzene rings is 1. The number of hydrogen-bond donors (Lipinski definition) is 1. The van der Waals surface area contributed by atoms with E-state index in [9.17, 15) is 9.59 Å². The third-order valence-corrected chi connectivity index (χ3v) is 2.85. The lowest BCUT2D eigenvalue weighted by Gasteiger charge is -2.07. The monoisotopic (exact) mass is 275 g/mol. The van der Waals surface area contributed by atoms with Gasteiger partial charge in [0, 0.05) is 0 Å². The Balaban J connectivity index is 2.34. The normalized spacial score (nSPS) is 10.9. The zero-order valence-electron chi connectivity index (χ0n) is 11.5. The number of aromatic nitrogens is 3. The van der Waals surface area contributed by atoms with E-state index in [-0.39, 0.29) is 0 Å². The molecule has 6 heteroatoms. The first-order valence-corrected chi connectivity index (χ1v) is 6.43. The van der Waals surface area contributed by atoms with Gasteiger partial charge in [0.25, 0.3) is 0 Å². The molecule has 1 N–H and O–H groups in total. The van der Waals surface area contributed by atoms with Crippen LogP contribution in [0.3, 0.4) is 0 Å². The Morgan fingerprint density at radius 1 is 1.40 bits per heavy atom. The molecule has 20 heavy (non-hydrogen) atoms. The standard InChI is InChI=1S/C14H17N3O3/c1-10(2)6-11-4-3-5-12(7-11)16-9-15-17(14(16)20)8-13(18)19/h3-5,7,9-10H,6,8H2,1-2H3,(H,18,19). The first-order valence-electron chi connectivity index (χ1n) is 6.43. The van der Waals surface area contributed by atoms with E-state index in [2.05, 4.69) is 18.9 Å². The molecule has 0 atom stereocenters. The highest BCUT2D eigenvalue weighted by Gasteiger charge is 2.10.